The Balaban J connectivity index is 1.78. The molecule has 1 unspecified atom stereocenters. The maximum atomic E-state index is 12.9. The molecule has 1 saturated heterocycles. The molecule has 0 spiro atoms. The van der Waals surface area contributed by atoms with E-state index in [1.807, 2.05) is 19.3 Å². The number of halogens is 3. The van der Waals surface area contributed by atoms with Crippen LogP contribution in [0, 0.1) is 17.2 Å². The first kappa shape index (κ1) is 16.3. The Morgan fingerprint density at radius 2 is 2.17 bits per heavy atom. The highest BCUT2D eigenvalue weighted by Crippen LogP contribution is 2.32. The van der Waals surface area contributed by atoms with Crippen molar-refractivity contribution < 1.29 is 13.2 Å². The van der Waals surface area contributed by atoms with E-state index in [1.54, 1.807) is 15.8 Å². The van der Waals surface area contributed by atoms with Gasteiger partial charge in [-0.15, -0.1) is 0 Å². The van der Waals surface area contributed by atoms with Crippen molar-refractivity contribution >= 4 is 5.82 Å². The van der Waals surface area contributed by atoms with E-state index in [9.17, 15) is 13.2 Å². The second kappa shape index (κ2) is 6.15. The third kappa shape index (κ3) is 3.35. The van der Waals surface area contributed by atoms with E-state index >= 15 is 0 Å². The summed E-state index contributed by atoms with van der Waals surface area (Å²) in [5, 5.41) is 13.3. The molecule has 0 saturated carbocycles. The molecule has 24 heavy (non-hydrogen) atoms. The first-order valence-corrected chi connectivity index (χ1v) is 7.57. The first-order chi connectivity index (χ1) is 11.4. The summed E-state index contributed by atoms with van der Waals surface area (Å²) in [5.41, 5.74) is 0.305. The molecule has 1 atom stereocenters. The van der Waals surface area contributed by atoms with E-state index in [0.717, 1.165) is 24.5 Å². The zero-order valence-corrected chi connectivity index (χ0v) is 13.1. The van der Waals surface area contributed by atoms with E-state index in [-0.39, 0.29) is 11.4 Å². The van der Waals surface area contributed by atoms with Crippen LogP contribution in [0.15, 0.2) is 24.5 Å². The van der Waals surface area contributed by atoms with Crippen molar-refractivity contribution in [3.63, 3.8) is 0 Å². The van der Waals surface area contributed by atoms with Crippen molar-refractivity contribution in [3.05, 3.63) is 41.3 Å². The lowest BCUT2D eigenvalue weighted by Gasteiger charge is -2.20. The molecule has 126 valence electrons. The van der Waals surface area contributed by atoms with Gasteiger partial charge >= 0.3 is 6.18 Å². The predicted molar refractivity (Wildman–Crippen MR) is 81.2 cm³/mol. The number of hydrogen-bond acceptors (Lipinski definition) is 4. The minimum Gasteiger partial charge on any atom is -0.355 e. The van der Waals surface area contributed by atoms with Crippen molar-refractivity contribution in [1.82, 2.24) is 14.8 Å². The number of aryl methyl sites for hydroxylation is 1. The molecule has 0 aliphatic carbocycles. The maximum Gasteiger partial charge on any atom is 0.433 e. The topological polar surface area (TPSA) is 57.7 Å². The highest BCUT2D eigenvalue weighted by Gasteiger charge is 2.34. The van der Waals surface area contributed by atoms with E-state index in [2.05, 4.69) is 10.1 Å². The van der Waals surface area contributed by atoms with Gasteiger partial charge in [0.25, 0.3) is 0 Å². The Morgan fingerprint density at radius 3 is 2.79 bits per heavy atom. The van der Waals surface area contributed by atoms with Crippen molar-refractivity contribution in [2.24, 2.45) is 13.0 Å². The van der Waals surface area contributed by atoms with Crippen LogP contribution < -0.4 is 4.90 Å². The predicted octanol–water partition coefficient (Wildman–Crippen LogP) is 2.77. The minimum absolute atomic E-state index is 0.126. The molecule has 0 amide bonds. The van der Waals surface area contributed by atoms with Crippen LogP contribution >= 0.6 is 0 Å². The van der Waals surface area contributed by atoms with Gasteiger partial charge in [-0.3, -0.25) is 4.68 Å². The molecular formula is C16H16F3N5. The summed E-state index contributed by atoms with van der Waals surface area (Å²) < 4.78 is 40.4. The average molecular weight is 335 g/mol. The standard InChI is InChI=1S/C16H16F3N5/c1-23-9-12(8-21-23)6-11-4-5-24(10-11)15-13(7-20)2-3-14(22-15)16(17,18)19/h2-3,8-9,11H,4-6,10H2,1H3. The molecule has 1 aliphatic rings. The fourth-order valence-corrected chi connectivity index (χ4v) is 3.04. The van der Waals surface area contributed by atoms with E-state index in [4.69, 9.17) is 5.26 Å². The molecule has 1 aliphatic heterocycles. The van der Waals surface area contributed by atoms with Gasteiger partial charge in [0.15, 0.2) is 0 Å². The summed E-state index contributed by atoms with van der Waals surface area (Å²) in [7, 11) is 1.84. The van der Waals surface area contributed by atoms with Gasteiger partial charge in [0.1, 0.15) is 17.6 Å². The highest BCUT2D eigenvalue weighted by molar-refractivity contribution is 5.55. The number of alkyl halides is 3. The van der Waals surface area contributed by atoms with Crippen molar-refractivity contribution in [3.8, 4) is 6.07 Å². The maximum absolute atomic E-state index is 12.9. The van der Waals surface area contributed by atoms with Crippen molar-refractivity contribution in [1.29, 1.82) is 5.26 Å². The second-order valence-electron chi connectivity index (χ2n) is 6.00. The number of aromatic nitrogens is 3. The summed E-state index contributed by atoms with van der Waals surface area (Å²) in [6.07, 6.45) is 0.873. The molecule has 8 heteroatoms. The van der Waals surface area contributed by atoms with Crippen LogP contribution in [0.1, 0.15) is 23.2 Å². The van der Waals surface area contributed by atoms with Gasteiger partial charge in [-0.2, -0.15) is 23.5 Å². The van der Waals surface area contributed by atoms with Gasteiger partial charge in [0.2, 0.25) is 0 Å². The fraction of sp³-hybridized carbons (Fsp3) is 0.438. The number of pyridine rings is 1. The van der Waals surface area contributed by atoms with Gasteiger partial charge < -0.3 is 4.90 Å². The van der Waals surface area contributed by atoms with Crippen LogP contribution in [0.2, 0.25) is 0 Å². The summed E-state index contributed by atoms with van der Waals surface area (Å²) in [6.45, 7) is 1.17. The molecule has 2 aromatic heterocycles. The molecule has 3 rings (SSSR count). The normalized spacial score (nSPS) is 18.0. The molecule has 0 radical (unpaired) electrons. The molecule has 0 N–H and O–H groups in total. The largest absolute Gasteiger partial charge is 0.433 e. The Hall–Kier alpha value is -2.56. The van der Waals surface area contributed by atoms with Gasteiger partial charge in [-0.1, -0.05) is 0 Å². The molecule has 0 bridgehead atoms. The van der Waals surface area contributed by atoms with E-state index in [0.29, 0.717) is 19.0 Å². The fourth-order valence-electron chi connectivity index (χ4n) is 3.04. The zero-order valence-electron chi connectivity index (χ0n) is 13.1. The summed E-state index contributed by atoms with van der Waals surface area (Å²) in [5.74, 6) is 0.429. The number of nitrogens with zero attached hydrogens (tertiary/aromatic N) is 5. The monoisotopic (exact) mass is 335 g/mol. The number of anilines is 1. The van der Waals surface area contributed by atoms with Crippen LogP contribution in [0.25, 0.3) is 0 Å². The van der Waals surface area contributed by atoms with Crippen LogP contribution in [-0.2, 0) is 19.6 Å². The highest BCUT2D eigenvalue weighted by atomic mass is 19.4. The van der Waals surface area contributed by atoms with Crippen LogP contribution in [0.4, 0.5) is 19.0 Å². The zero-order chi connectivity index (χ0) is 17.3. The van der Waals surface area contributed by atoms with Crippen molar-refractivity contribution in [2.45, 2.75) is 19.0 Å². The average Bonchev–Trinajstić information content (AvgIpc) is 3.15. The summed E-state index contributed by atoms with van der Waals surface area (Å²) in [4.78, 5) is 5.48. The Bertz CT molecular complexity index is 775. The summed E-state index contributed by atoms with van der Waals surface area (Å²) >= 11 is 0. The smallest absolute Gasteiger partial charge is 0.355 e. The lowest BCUT2D eigenvalue weighted by atomic mass is 10.0. The van der Waals surface area contributed by atoms with Gasteiger partial charge in [0, 0.05) is 26.3 Å². The van der Waals surface area contributed by atoms with Gasteiger partial charge in [-0.25, -0.2) is 4.98 Å². The van der Waals surface area contributed by atoms with Crippen LogP contribution in [0.5, 0.6) is 0 Å². The molecule has 2 aromatic rings. The Kier molecular flexibility index (Phi) is 4.18. The van der Waals surface area contributed by atoms with Crippen LogP contribution in [0.3, 0.4) is 0 Å². The molecule has 3 heterocycles. The molecule has 0 aromatic carbocycles. The molecular weight excluding hydrogens is 319 g/mol. The van der Waals surface area contributed by atoms with E-state index < -0.39 is 11.9 Å². The van der Waals surface area contributed by atoms with Crippen LogP contribution in [-0.4, -0.2) is 27.9 Å². The molecule has 5 nitrogen and oxygen atoms in total. The van der Waals surface area contributed by atoms with Crippen molar-refractivity contribution in [2.75, 3.05) is 18.0 Å². The first-order valence-electron chi connectivity index (χ1n) is 7.57. The number of hydrogen-bond donors (Lipinski definition) is 0. The third-order valence-electron chi connectivity index (χ3n) is 4.15. The molecule has 1 fully saturated rings. The third-order valence-corrected chi connectivity index (χ3v) is 4.15. The summed E-state index contributed by atoms with van der Waals surface area (Å²) in [6, 6.07) is 3.98. The lowest BCUT2D eigenvalue weighted by molar-refractivity contribution is -0.141. The second-order valence-corrected chi connectivity index (χ2v) is 6.00. The minimum atomic E-state index is -4.52. The van der Waals surface area contributed by atoms with E-state index in [1.165, 1.54) is 6.07 Å². The SMILES string of the molecule is Cn1cc(CC2CCN(c3nc(C(F)(F)F)ccc3C#N)C2)cn1. The number of nitriles is 1. The Morgan fingerprint density at radius 1 is 1.38 bits per heavy atom. The van der Waals surface area contributed by atoms with Gasteiger partial charge in [0.05, 0.1) is 11.8 Å². The van der Waals surface area contributed by atoms with Gasteiger partial charge in [-0.05, 0) is 36.5 Å². The number of rotatable bonds is 3. The Labute approximate surface area is 137 Å². The quantitative estimate of drug-likeness (QED) is 0.865. The lowest BCUT2D eigenvalue weighted by Crippen LogP contribution is -2.24.